The summed E-state index contributed by atoms with van der Waals surface area (Å²) in [6, 6.07) is 2.15. The molecule has 3 heterocycles. The van der Waals surface area contributed by atoms with E-state index in [2.05, 4.69) is 40.5 Å². The molecule has 1 aliphatic rings. The molecule has 4 nitrogen and oxygen atoms in total. The van der Waals surface area contributed by atoms with Gasteiger partial charge in [-0.3, -0.25) is 0 Å². The Morgan fingerprint density at radius 2 is 2.10 bits per heavy atom. The molecule has 20 heavy (non-hydrogen) atoms. The minimum Gasteiger partial charge on any atom is -0.356 e. The summed E-state index contributed by atoms with van der Waals surface area (Å²) in [6.45, 7) is 7.46. The van der Waals surface area contributed by atoms with E-state index >= 15 is 0 Å². The van der Waals surface area contributed by atoms with Crippen molar-refractivity contribution in [2.45, 2.75) is 33.1 Å². The third kappa shape index (κ3) is 2.59. The summed E-state index contributed by atoms with van der Waals surface area (Å²) in [5, 5.41) is 6.56. The van der Waals surface area contributed by atoms with Gasteiger partial charge in [0.1, 0.15) is 10.6 Å². The predicted octanol–water partition coefficient (Wildman–Crippen LogP) is 3.75. The van der Waals surface area contributed by atoms with E-state index in [1.807, 2.05) is 0 Å². The van der Waals surface area contributed by atoms with E-state index in [0.717, 1.165) is 42.1 Å². The zero-order valence-electron chi connectivity index (χ0n) is 12.2. The average Bonchev–Trinajstić information content (AvgIpc) is 2.95. The highest BCUT2D eigenvalue weighted by Gasteiger charge is 2.21. The molecule has 2 aromatic heterocycles. The van der Waals surface area contributed by atoms with Crippen LogP contribution in [0.25, 0.3) is 10.2 Å². The monoisotopic (exact) mass is 290 g/mol. The molecule has 3 rings (SSSR count). The second kappa shape index (κ2) is 5.95. The largest absolute Gasteiger partial charge is 0.356 e. The van der Waals surface area contributed by atoms with Gasteiger partial charge in [0, 0.05) is 19.6 Å². The topological polar surface area (TPSA) is 41.1 Å². The predicted molar refractivity (Wildman–Crippen MR) is 86.8 cm³/mol. The summed E-state index contributed by atoms with van der Waals surface area (Å²) in [5.41, 5.74) is 0. The number of nitrogens with one attached hydrogen (secondary N) is 1. The molecule has 0 bridgehead atoms. The normalized spacial score (nSPS) is 16.8. The lowest BCUT2D eigenvalue weighted by molar-refractivity contribution is 0.394. The van der Waals surface area contributed by atoms with Crippen LogP contribution in [0.15, 0.2) is 11.4 Å². The first-order valence-electron chi connectivity index (χ1n) is 7.55. The summed E-state index contributed by atoms with van der Waals surface area (Å²) < 4.78 is 0. The van der Waals surface area contributed by atoms with Gasteiger partial charge in [0.2, 0.25) is 5.95 Å². The van der Waals surface area contributed by atoms with Gasteiger partial charge in [0.05, 0.1) is 5.39 Å². The van der Waals surface area contributed by atoms with Crippen molar-refractivity contribution in [2.24, 2.45) is 5.92 Å². The molecule has 0 amide bonds. The zero-order valence-corrected chi connectivity index (χ0v) is 13.0. The first-order valence-corrected chi connectivity index (χ1v) is 8.43. The van der Waals surface area contributed by atoms with Crippen LogP contribution in [0.5, 0.6) is 0 Å². The van der Waals surface area contributed by atoms with Crippen LogP contribution in [0.3, 0.4) is 0 Å². The Morgan fingerprint density at radius 3 is 2.80 bits per heavy atom. The lowest BCUT2D eigenvalue weighted by Crippen LogP contribution is -2.34. The van der Waals surface area contributed by atoms with Gasteiger partial charge in [-0.05, 0) is 37.1 Å². The van der Waals surface area contributed by atoms with E-state index in [4.69, 9.17) is 4.98 Å². The number of piperidine rings is 1. The third-order valence-corrected chi connectivity index (χ3v) is 4.94. The molecule has 5 heteroatoms. The number of hydrogen-bond acceptors (Lipinski definition) is 5. The zero-order chi connectivity index (χ0) is 13.9. The van der Waals surface area contributed by atoms with Crippen LogP contribution in [0.2, 0.25) is 0 Å². The van der Waals surface area contributed by atoms with E-state index in [1.165, 1.54) is 24.6 Å². The SMILES string of the molecule is CCNc1nc(N2CCC(CC)CC2)c2ccsc2n1. The Kier molecular flexibility index (Phi) is 4.05. The summed E-state index contributed by atoms with van der Waals surface area (Å²) in [4.78, 5) is 12.8. The molecule has 1 aliphatic heterocycles. The van der Waals surface area contributed by atoms with Crippen molar-refractivity contribution in [3.63, 3.8) is 0 Å². The number of fused-ring (bicyclic) bond motifs is 1. The molecule has 0 radical (unpaired) electrons. The fraction of sp³-hybridized carbons (Fsp3) is 0.600. The Bertz CT molecular complexity index is 572. The number of thiophene rings is 1. The highest BCUT2D eigenvalue weighted by molar-refractivity contribution is 7.16. The van der Waals surface area contributed by atoms with Crippen LogP contribution in [0, 0.1) is 5.92 Å². The van der Waals surface area contributed by atoms with E-state index < -0.39 is 0 Å². The summed E-state index contributed by atoms with van der Waals surface area (Å²) in [7, 11) is 0. The number of anilines is 2. The summed E-state index contributed by atoms with van der Waals surface area (Å²) >= 11 is 1.69. The van der Waals surface area contributed by atoms with E-state index in [-0.39, 0.29) is 0 Å². The van der Waals surface area contributed by atoms with Crippen LogP contribution in [0.1, 0.15) is 33.1 Å². The third-order valence-electron chi connectivity index (χ3n) is 4.13. The molecule has 108 valence electrons. The number of nitrogens with zero attached hydrogens (tertiary/aromatic N) is 3. The van der Waals surface area contributed by atoms with Crippen molar-refractivity contribution in [2.75, 3.05) is 29.9 Å². The molecule has 1 N–H and O–H groups in total. The smallest absolute Gasteiger partial charge is 0.226 e. The van der Waals surface area contributed by atoms with E-state index in [9.17, 15) is 0 Å². The molecule has 0 aliphatic carbocycles. The average molecular weight is 290 g/mol. The van der Waals surface area contributed by atoms with Crippen LogP contribution in [-0.4, -0.2) is 29.6 Å². The number of aromatic nitrogens is 2. The summed E-state index contributed by atoms with van der Waals surface area (Å²) in [5.74, 6) is 2.76. The Labute approximate surface area is 124 Å². The van der Waals surface area contributed by atoms with Crippen LogP contribution < -0.4 is 10.2 Å². The molecular weight excluding hydrogens is 268 g/mol. The standard InChI is InChI=1S/C15H22N4S/c1-3-11-5-8-19(9-6-11)13-12-7-10-20-14(12)18-15(17-13)16-4-2/h7,10-11H,3-6,8-9H2,1-2H3,(H,16,17,18). The van der Waals surface area contributed by atoms with Gasteiger partial charge in [0.15, 0.2) is 0 Å². The van der Waals surface area contributed by atoms with Gasteiger partial charge in [-0.25, -0.2) is 4.98 Å². The molecular formula is C15H22N4S. The van der Waals surface area contributed by atoms with Gasteiger partial charge in [-0.1, -0.05) is 13.3 Å². The van der Waals surface area contributed by atoms with Crippen molar-refractivity contribution >= 4 is 33.3 Å². The summed E-state index contributed by atoms with van der Waals surface area (Å²) in [6.07, 6.45) is 3.86. The first kappa shape index (κ1) is 13.6. The van der Waals surface area contributed by atoms with Crippen molar-refractivity contribution < 1.29 is 0 Å². The fourth-order valence-corrected chi connectivity index (χ4v) is 3.63. The van der Waals surface area contributed by atoms with Gasteiger partial charge < -0.3 is 10.2 Å². The molecule has 1 saturated heterocycles. The molecule has 0 atom stereocenters. The molecule has 1 fully saturated rings. The highest BCUT2D eigenvalue weighted by Crippen LogP contribution is 2.32. The number of hydrogen-bond donors (Lipinski definition) is 1. The van der Waals surface area contributed by atoms with Gasteiger partial charge in [0.25, 0.3) is 0 Å². The Hall–Kier alpha value is -1.36. The first-order chi connectivity index (χ1) is 9.81. The molecule has 0 spiro atoms. The van der Waals surface area contributed by atoms with Crippen molar-refractivity contribution in [3.8, 4) is 0 Å². The van der Waals surface area contributed by atoms with E-state index in [1.54, 1.807) is 11.3 Å². The number of rotatable bonds is 4. The Morgan fingerprint density at radius 1 is 1.30 bits per heavy atom. The Balaban J connectivity index is 1.91. The van der Waals surface area contributed by atoms with Crippen molar-refractivity contribution in [1.29, 1.82) is 0 Å². The van der Waals surface area contributed by atoms with Crippen molar-refractivity contribution in [1.82, 2.24) is 9.97 Å². The van der Waals surface area contributed by atoms with Crippen LogP contribution in [-0.2, 0) is 0 Å². The minimum absolute atomic E-state index is 0.759. The van der Waals surface area contributed by atoms with E-state index in [0.29, 0.717) is 0 Å². The van der Waals surface area contributed by atoms with Gasteiger partial charge >= 0.3 is 0 Å². The van der Waals surface area contributed by atoms with Gasteiger partial charge in [-0.2, -0.15) is 4.98 Å². The maximum atomic E-state index is 4.75. The lowest BCUT2D eigenvalue weighted by atomic mass is 9.94. The fourth-order valence-electron chi connectivity index (χ4n) is 2.87. The maximum absolute atomic E-state index is 4.75. The lowest BCUT2D eigenvalue weighted by Gasteiger charge is -2.32. The minimum atomic E-state index is 0.759. The maximum Gasteiger partial charge on any atom is 0.226 e. The molecule has 0 aromatic carbocycles. The second-order valence-corrected chi connectivity index (χ2v) is 6.27. The second-order valence-electron chi connectivity index (χ2n) is 5.38. The molecule has 2 aromatic rings. The molecule has 0 unspecified atom stereocenters. The quantitative estimate of drug-likeness (QED) is 0.931. The van der Waals surface area contributed by atoms with Crippen LogP contribution in [0.4, 0.5) is 11.8 Å². The van der Waals surface area contributed by atoms with Crippen molar-refractivity contribution in [3.05, 3.63) is 11.4 Å². The highest BCUT2D eigenvalue weighted by atomic mass is 32.1. The van der Waals surface area contributed by atoms with Gasteiger partial charge in [-0.15, -0.1) is 11.3 Å². The molecule has 0 saturated carbocycles. The van der Waals surface area contributed by atoms with Crippen LogP contribution >= 0.6 is 11.3 Å².